The monoisotopic (exact) mass is 292 g/mol. The first kappa shape index (κ1) is 15.8. The van der Waals surface area contributed by atoms with E-state index in [0.29, 0.717) is 31.6 Å². The highest BCUT2D eigenvalue weighted by molar-refractivity contribution is 5.70. The molecule has 1 aromatic carbocycles. The molecule has 21 heavy (non-hydrogen) atoms. The number of carboxylic acids is 1. The molecule has 0 atom stereocenters. The topological polar surface area (TPSA) is 66.8 Å². The largest absolute Gasteiger partial charge is 0.491 e. The third kappa shape index (κ3) is 4.21. The number of aliphatic carboxylic acids is 1. The van der Waals surface area contributed by atoms with Gasteiger partial charge in [-0.25, -0.2) is 0 Å². The highest BCUT2D eigenvalue weighted by Crippen LogP contribution is 2.33. The standard InChI is InChI=1S/C17H24O4/c1-12(2)13-3-5-15(6-4-13)21-11-17(20)9-7-14(8-10-17)16(18)19/h3-6,12,14,20H,7-11H2,1-2H3,(H,18,19). The minimum Gasteiger partial charge on any atom is -0.491 e. The van der Waals surface area contributed by atoms with Crippen molar-refractivity contribution < 1.29 is 19.7 Å². The zero-order valence-electron chi connectivity index (χ0n) is 12.7. The van der Waals surface area contributed by atoms with Crippen LogP contribution >= 0.6 is 0 Å². The number of aliphatic hydroxyl groups is 1. The molecule has 2 rings (SSSR count). The number of ether oxygens (including phenoxy) is 1. The summed E-state index contributed by atoms with van der Waals surface area (Å²) >= 11 is 0. The van der Waals surface area contributed by atoms with Gasteiger partial charge in [0.1, 0.15) is 12.4 Å². The number of rotatable bonds is 5. The molecule has 116 valence electrons. The van der Waals surface area contributed by atoms with Crippen molar-refractivity contribution >= 4 is 5.97 Å². The summed E-state index contributed by atoms with van der Waals surface area (Å²) in [6.07, 6.45) is 1.99. The van der Waals surface area contributed by atoms with Gasteiger partial charge in [0.15, 0.2) is 0 Å². The number of hydrogen-bond acceptors (Lipinski definition) is 3. The quantitative estimate of drug-likeness (QED) is 0.874. The first-order valence-electron chi connectivity index (χ1n) is 7.57. The molecular weight excluding hydrogens is 268 g/mol. The molecular formula is C17H24O4. The van der Waals surface area contributed by atoms with Crippen LogP contribution in [0.3, 0.4) is 0 Å². The molecule has 1 aromatic rings. The summed E-state index contributed by atoms with van der Waals surface area (Å²) in [5, 5.41) is 19.4. The van der Waals surface area contributed by atoms with E-state index in [1.165, 1.54) is 5.56 Å². The van der Waals surface area contributed by atoms with Crippen LogP contribution < -0.4 is 4.74 Å². The number of benzene rings is 1. The summed E-state index contributed by atoms with van der Waals surface area (Å²) in [6.45, 7) is 4.50. The highest BCUT2D eigenvalue weighted by atomic mass is 16.5. The number of carboxylic acid groups (broad SMARTS) is 1. The molecule has 0 amide bonds. The maximum absolute atomic E-state index is 10.9. The molecule has 4 nitrogen and oxygen atoms in total. The van der Waals surface area contributed by atoms with E-state index in [4.69, 9.17) is 9.84 Å². The Kier molecular flexibility index (Phi) is 4.88. The van der Waals surface area contributed by atoms with E-state index in [9.17, 15) is 9.90 Å². The Morgan fingerprint density at radius 1 is 1.29 bits per heavy atom. The number of hydrogen-bond donors (Lipinski definition) is 2. The van der Waals surface area contributed by atoms with Crippen molar-refractivity contribution in [2.24, 2.45) is 5.92 Å². The van der Waals surface area contributed by atoms with Gasteiger partial charge in [0.2, 0.25) is 0 Å². The van der Waals surface area contributed by atoms with Crippen molar-refractivity contribution in [2.45, 2.75) is 51.0 Å². The molecule has 0 aliphatic heterocycles. The van der Waals surface area contributed by atoms with Gasteiger partial charge >= 0.3 is 5.97 Å². The molecule has 1 aliphatic rings. The Morgan fingerprint density at radius 2 is 1.86 bits per heavy atom. The van der Waals surface area contributed by atoms with E-state index in [1.54, 1.807) is 0 Å². The van der Waals surface area contributed by atoms with Crippen LogP contribution in [-0.4, -0.2) is 28.4 Å². The van der Waals surface area contributed by atoms with Crippen LogP contribution in [0.5, 0.6) is 5.75 Å². The summed E-state index contributed by atoms with van der Waals surface area (Å²) in [7, 11) is 0. The van der Waals surface area contributed by atoms with Crippen LogP contribution in [-0.2, 0) is 4.79 Å². The van der Waals surface area contributed by atoms with Crippen molar-refractivity contribution in [3.8, 4) is 5.75 Å². The van der Waals surface area contributed by atoms with Crippen LogP contribution in [0.1, 0.15) is 51.0 Å². The van der Waals surface area contributed by atoms with Gasteiger partial charge in [-0.05, 0) is 49.3 Å². The maximum atomic E-state index is 10.9. The normalized spacial score (nSPS) is 25.8. The van der Waals surface area contributed by atoms with Gasteiger partial charge in [-0.2, -0.15) is 0 Å². The van der Waals surface area contributed by atoms with Crippen LogP contribution in [0, 0.1) is 5.92 Å². The molecule has 0 bridgehead atoms. The first-order chi connectivity index (χ1) is 9.89. The van der Waals surface area contributed by atoms with Gasteiger partial charge in [-0.3, -0.25) is 4.79 Å². The maximum Gasteiger partial charge on any atom is 0.306 e. The van der Waals surface area contributed by atoms with Gasteiger partial charge in [0, 0.05) is 0 Å². The molecule has 4 heteroatoms. The minimum atomic E-state index is -0.900. The molecule has 1 aliphatic carbocycles. The third-order valence-corrected chi connectivity index (χ3v) is 4.32. The first-order valence-corrected chi connectivity index (χ1v) is 7.57. The average molecular weight is 292 g/mol. The fourth-order valence-corrected chi connectivity index (χ4v) is 2.71. The SMILES string of the molecule is CC(C)c1ccc(OCC2(O)CCC(C(=O)O)CC2)cc1. The van der Waals surface area contributed by atoms with E-state index in [-0.39, 0.29) is 12.5 Å². The molecule has 0 heterocycles. The molecule has 0 unspecified atom stereocenters. The third-order valence-electron chi connectivity index (χ3n) is 4.32. The summed E-state index contributed by atoms with van der Waals surface area (Å²) in [5.74, 6) is 0.139. The predicted octanol–water partition coefficient (Wildman–Crippen LogP) is 3.19. The Bertz CT molecular complexity index is 470. The van der Waals surface area contributed by atoms with Gasteiger partial charge < -0.3 is 14.9 Å². The van der Waals surface area contributed by atoms with Crippen molar-refractivity contribution in [1.29, 1.82) is 0 Å². The van der Waals surface area contributed by atoms with Crippen molar-refractivity contribution in [1.82, 2.24) is 0 Å². The smallest absolute Gasteiger partial charge is 0.306 e. The fourth-order valence-electron chi connectivity index (χ4n) is 2.71. The van der Waals surface area contributed by atoms with Crippen molar-refractivity contribution in [3.63, 3.8) is 0 Å². The van der Waals surface area contributed by atoms with E-state index in [0.717, 1.165) is 5.75 Å². The Labute approximate surface area is 125 Å². The van der Waals surface area contributed by atoms with E-state index < -0.39 is 11.6 Å². The molecule has 1 fully saturated rings. The fraction of sp³-hybridized carbons (Fsp3) is 0.588. The summed E-state index contributed by atoms with van der Waals surface area (Å²) in [5.41, 5.74) is 0.353. The predicted molar refractivity (Wildman–Crippen MR) is 80.6 cm³/mol. The second-order valence-electron chi connectivity index (χ2n) is 6.35. The number of carbonyl (C=O) groups is 1. The van der Waals surface area contributed by atoms with Gasteiger partial charge in [0.05, 0.1) is 11.5 Å². The van der Waals surface area contributed by atoms with Gasteiger partial charge in [0.25, 0.3) is 0 Å². The molecule has 0 aromatic heterocycles. The van der Waals surface area contributed by atoms with E-state index in [2.05, 4.69) is 13.8 Å². The van der Waals surface area contributed by atoms with Crippen LogP contribution in [0.25, 0.3) is 0 Å². The Hall–Kier alpha value is -1.55. The van der Waals surface area contributed by atoms with Crippen LogP contribution in [0.4, 0.5) is 0 Å². The lowest BCUT2D eigenvalue weighted by Crippen LogP contribution is -2.41. The lowest BCUT2D eigenvalue weighted by molar-refractivity contribution is -0.145. The molecule has 0 spiro atoms. The molecule has 2 N–H and O–H groups in total. The van der Waals surface area contributed by atoms with Gasteiger partial charge in [-0.15, -0.1) is 0 Å². The zero-order chi connectivity index (χ0) is 15.5. The van der Waals surface area contributed by atoms with Crippen molar-refractivity contribution in [3.05, 3.63) is 29.8 Å². The highest BCUT2D eigenvalue weighted by Gasteiger charge is 2.36. The summed E-state index contributed by atoms with van der Waals surface area (Å²) in [6, 6.07) is 7.90. The summed E-state index contributed by atoms with van der Waals surface area (Å²) < 4.78 is 5.68. The second-order valence-corrected chi connectivity index (χ2v) is 6.35. The van der Waals surface area contributed by atoms with Crippen LogP contribution in [0.2, 0.25) is 0 Å². The average Bonchev–Trinajstić information content (AvgIpc) is 2.46. The van der Waals surface area contributed by atoms with Crippen LogP contribution in [0.15, 0.2) is 24.3 Å². The van der Waals surface area contributed by atoms with Gasteiger partial charge in [-0.1, -0.05) is 26.0 Å². The van der Waals surface area contributed by atoms with E-state index in [1.807, 2.05) is 24.3 Å². The molecule has 0 radical (unpaired) electrons. The summed E-state index contributed by atoms with van der Waals surface area (Å²) in [4.78, 5) is 10.9. The Balaban J connectivity index is 1.86. The van der Waals surface area contributed by atoms with E-state index >= 15 is 0 Å². The molecule has 1 saturated carbocycles. The van der Waals surface area contributed by atoms with Crippen molar-refractivity contribution in [2.75, 3.05) is 6.61 Å². The zero-order valence-corrected chi connectivity index (χ0v) is 12.7. The minimum absolute atomic E-state index is 0.223. The Morgan fingerprint density at radius 3 is 2.33 bits per heavy atom. The lowest BCUT2D eigenvalue weighted by Gasteiger charge is -2.34. The second kappa shape index (κ2) is 6.48. The molecule has 0 saturated heterocycles. The lowest BCUT2D eigenvalue weighted by atomic mass is 9.79.